The molecule has 0 amide bonds. The van der Waals surface area contributed by atoms with Gasteiger partial charge in [-0.05, 0) is 95.0 Å². The highest BCUT2D eigenvalue weighted by molar-refractivity contribution is 6.09. The molecule has 2 heterocycles. The van der Waals surface area contributed by atoms with Gasteiger partial charge < -0.3 is 28.8 Å². The molecule has 6 nitrogen and oxygen atoms in total. The van der Waals surface area contributed by atoms with Crippen LogP contribution in [0.2, 0.25) is 0 Å². The lowest BCUT2D eigenvalue weighted by Crippen LogP contribution is -2.44. The molecule has 1 N–H and O–H groups in total. The Morgan fingerprint density at radius 3 is 2.08 bits per heavy atom. The van der Waals surface area contributed by atoms with E-state index in [1.165, 1.54) is 27.8 Å². The van der Waals surface area contributed by atoms with Gasteiger partial charge in [0.05, 0.1) is 13.7 Å². The summed E-state index contributed by atoms with van der Waals surface area (Å²) in [5.74, 6) is 2.74. The van der Waals surface area contributed by atoms with Gasteiger partial charge in [0.1, 0.15) is 11.5 Å². The van der Waals surface area contributed by atoms with Gasteiger partial charge in [0, 0.05) is 34.6 Å². The van der Waals surface area contributed by atoms with Gasteiger partial charge >= 0.3 is 0 Å². The second-order valence-electron chi connectivity index (χ2n) is 17.2. The van der Waals surface area contributed by atoms with E-state index >= 15 is 0 Å². The third kappa shape index (κ3) is 5.13. The Hall–Kier alpha value is -4.78. The Morgan fingerprint density at radius 2 is 1.42 bits per heavy atom. The Kier molecular flexibility index (Phi) is 7.61. The highest BCUT2D eigenvalue weighted by atomic mass is 16.7. The van der Waals surface area contributed by atoms with Gasteiger partial charge in [0.25, 0.3) is 0 Å². The first-order valence-corrected chi connectivity index (χ1v) is 18.8. The van der Waals surface area contributed by atoms with E-state index in [0.717, 1.165) is 58.2 Å². The maximum Gasteiger partial charge on any atom is 0.239 e. The maximum absolute atomic E-state index is 10.2. The molecule has 2 aliphatic heterocycles. The van der Waals surface area contributed by atoms with E-state index in [1.54, 1.807) is 14.2 Å². The largest absolute Gasteiger partial charge is 0.497 e. The minimum Gasteiger partial charge on any atom is -0.497 e. The summed E-state index contributed by atoms with van der Waals surface area (Å²) in [7, 11) is 3.26. The number of fused-ring (bicyclic) bond motifs is 11. The average molecular weight is 709 g/mol. The zero-order valence-corrected chi connectivity index (χ0v) is 31.7. The minimum absolute atomic E-state index is 0.0998. The molecule has 0 aromatic heterocycles. The highest BCUT2D eigenvalue weighted by Crippen LogP contribution is 2.67. The number of benzene rings is 5. The Labute approximate surface area is 312 Å². The molecular formula is C47H48O6. The summed E-state index contributed by atoms with van der Waals surface area (Å²) in [6.45, 7) is 11.6. The minimum atomic E-state index is -0.928. The molecule has 4 aliphatic rings. The highest BCUT2D eigenvalue weighted by Gasteiger charge is 2.55. The van der Waals surface area contributed by atoms with E-state index in [4.69, 9.17) is 23.7 Å². The molecule has 9 rings (SSSR count). The number of hydrogen-bond donors (Lipinski definition) is 1. The summed E-state index contributed by atoms with van der Waals surface area (Å²) in [5.41, 5.74) is 8.55. The lowest BCUT2D eigenvalue weighted by atomic mass is 9.52. The van der Waals surface area contributed by atoms with Gasteiger partial charge in [-0.1, -0.05) is 100.0 Å². The number of aliphatic hydroxyl groups is 1. The van der Waals surface area contributed by atoms with Crippen LogP contribution in [0.4, 0.5) is 0 Å². The second kappa shape index (κ2) is 11.9. The number of aryl methyl sites for hydroxylation is 1. The molecule has 53 heavy (non-hydrogen) atoms. The zero-order chi connectivity index (χ0) is 36.9. The van der Waals surface area contributed by atoms with Crippen LogP contribution in [0, 0.1) is 17.8 Å². The van der Waals surface area contributed by atoms with Gasteiger partial charge in [-0.25, -0.2) is 0 Å². The topological polar surface area (TPSA) is 66.4 Å². The van der Waals surface area contributed by atoms with Crippen molar-refractivity contribution in [1.29, 1.82) is 0 Å². The Balaban J connectivity index is 1.39. The summed E-state index contributed by atoms with van der Waals surface area (Å²) in [6.07, 6.45) is 6.38. The standard InChI is InChI=1S/C47H48O6/c1-28-12-14-29(15-13-28)47(30-16-18-31(49-6)19-17-30)21-20-33-41-40(32-10-8-9-11-36(32)46(41)26-44(2,3)25-45(4,5)27-46)34-22-37-38(23-35(34)42(33)53-47)52-43(50-7)39(24-48)51-37/h8-23,39,43,48H,24-27H2,1-7H3. The Bertz CT molecular complexity index is 2270. The van der Waals surface area contributed by atoms with E-state index in [-0.39, 0.29) is 22.9 Å². The van der Waals surface area contributed by atoms with Crippen molar-refractivity contribution in [3.05, 3.63) is 124 Å². The van der Waals surface area contributed by atoms with Crippen molar-refractivity contribution in [3.8, 4) is 34.1 Å². The number of hydrogen-bond acceptors (Lipinski definition) is 6. The first-order valence-electron chi connectivity index (χ1n) is 18.8. The summed E-state index contributed by atoms with van der Waals surface area (Å²) in [6, 6.07) is 30.0. The quantitative estimate of drug-likeness (QED) is 0.196. The van der Waals surface area contributed by atoms with Crippen molar-refractivity contribution in [2.24, 2.45) is 10.8 Å². The van der Waals surface area contributed by atoms with Crippen molar-refractivity contribution in [2.45, 2.75) is 77.3 Å². The summed E-state index contributed by atoms with van der Waals surface area (Å²) >= 11 is 0. The maximum atomic E-state index is 10.2. The third-order valence-corrected chi connectivity index (χ3v) is 12.1. The van der Waals surface area contributed by atoms with Crippen LogP contribution in [0.15, 0.2) is 91.0 Å². The fourth-order valence-corrected chi connectivity index (χ4v) is 10.7. The summed E-state index contributed by atoms with van der Waals surface area (Å²) < 4.78 is 31.7. The van der Waals surface area contributed by atoms with E-state index in [9.17, 15) is 5.11 Å². The average Bonchev–Trinajstić information content (AvgIpc) is 3.40. The first-order chi connectivity index (χ1) is 25.4. The monoisotopic (exact) mass is 708 g/mol. The number of rotatable bonds is 5. The molecule has 1 spiro atoms. The predicted octanol–water partition coefficient (Wildman–Crippen LogP) is 10.1. The molecule has 1 saturated carbocycles. The van der Waals surface area contributed by atoms with Crippen LogP contribution in [0.1, 0.15) is 80.3 Å². The van der Waals surface area contributed by atoms with Crippen molar-refractivity contribution < 1.29 is 28.8 Å². The van der Waals surface area contributed by atoms with Crippen LogP contribution in [0.5, 0.6) is 23.0 Å². The van der Waals surface area contributed by atoms with Gasteiger partial charge in [-0.3, -0.25) is 0 Å². The fourth-order valence-electron chi connectivity index (χ4n) is 10.7. The van der Waals surface area contributed by atoms with Crippen LogP contribution >= 0.6 is 0 Å². The summed E-state index contributed by atoms with van der Waals surface area (Å²) in [5, 5.41) is 12.2. The summed E-state index contributed by atoms with van der Waals surface area (Å²) in [4.78, 5) is 0. The van der Waals surface area contributed by atoms with Crippen molar-refractivity contribution >= 4 is 16.8 Å². The van der Waals surface area contributed by atoms with Crippen LogP contribution < -0.4 is 18.9 Å². The smallest absolute Gasteiger partial charge is 0.239 e. The molecular weight excluding hydrogens is 661 g/mol. The van der Waals surface area contributed by atoms with Crippen LogP contribution in [0.3, 0.4) is 0 Å². The molecule has 5 aromatic carbocycles. The second-order valence-corrected chi connectivity index (χ2v) is 17.2. The van der Waals surface area contributed by atoms with Gasteiger partial charge in [-0.2, -0.15) is 0 Å². The van der Waals surface area contributed by atoms with E-state index in [2.05, 4.69) is 120 Å². The van der Waals surface area contributed by atoms with Crippen LogP contribution in [-0.2, 0) is 15.8 Å². The van der Waals surface area contributed by atoms with E-state index in [0.29, 0.717) is 11.5 Å². The molecule has 2 aliphatic carbocycles. The SMILES string of the molecule is COc1ccc(C2(c3ccc(C)cc3)C=Cc3c4c(c5cc6c(cc5c3O2)OC(OC)C(CO)O6)-c2ccccc2C42CC(C)(C)CC(C)(C)C2)cc1. The molecule has 3 unspecified atom stereocenters. The zero-order valence-electron chi connectivity index (χ0n) is 31.7. The number of ether oxygens (including phenoxy) is 5. The van der Waals surface area contributed by atoms with Crippen LogP contribution in [-0.4, -0.2) is 38.3 Å². The molecule has 6 heteroatoms. The van der Waals surface area contributed by atoms with Crippen molar-refractivity contribution in [1.82, 2.24) is 0 Å². The Morgan fingerprint density at radius 1 is 0.774 bits per heavy atom. The van der Waals surface area contributed by atoms with Gasteiger partial charge in [-0.15, -0.1) is 0 Å². The molecule has 272 valence electrons. The molecule has 1 fully saturated rings. The lowest BCUT2D eigenvalue weighted by molar-refractivity contribution is -0.146. The van der Waals surface area contributed by atoms with Gasteiger partial charge in [0.15, 0.2) is 23.2 Å². The molecule has 0 radical (unpaired) electrons. The molecule has 3 atom stereocenters. The number of methoxy groups -OCH3 is 2. The van der Waals surface area contributed by atoms with E-state index in [1.807, 2.05) is 12.1 Å². The predicted molar refractivity (Wildman–Crippen MR) is 209 cm³/mol. The number of aliphatic hydroxyl groups excluding tert-OH is 1. The normalized spacial score (nSPS) is 23.9. The lowest BCUT2D eigenvalue weighted by Gasteiger charge is -2.52. The van der Waals surface area contributed by atoms with Crippen LogP contribution in [0.25, 0.3) is 28.0 Å². The molecule has 0 bridgehead atoms. The molecule has 0 saturated heterocycles. The van der Waals surface area contributed by atoms with Gasteiger partial charge in [0.2, 0.25) is 6.29 Å². The first kappa shape index (κ1) is 34.0. The van der Waals surface area contributed by atoms with Crippen molar-refractivity contribution in [2.75, 3.05) is 20.8 Å². The third-order valence-electron chi connectivity index (χ3n) is 12.1. The van der Waals surface area contributed by atoms with Crippen molar-refractivity contribution in [3.63, 3.8) is 0 Å². The molecule has 5 aromatic rings. The van der Waals surface area contributed by atoms with E-state index < -0.39 is 18.0 Å². The fraction of sp³-hybridized carbons (Fsp3) is 0.362.